The Kier molecular flexibility index (Phi) is 6.24. The maximum atomic E-state index is 6.11. The van der Waals surface area contributed by atoms with Crippen molar-refractivity contribution < 1.29 is 4.74 Å². The highest BCUT2D eigenvalue weighted by atomic mass is 32.2. The number of nitrogens with zero attached hydrogens (tertiary/aromatic N) is 1. The maximum absolute atomic E-state index is 6.11. The molecule has 0 spiro atoms. The molecule has 1 atom stereocenters. The van der Waals surface area contributed by atoms with E-state index in [1.54, 1.807) is 11.8 Å². The molecular formula is C28H24N2OS. The summed E-state index contributed by atoms with van der Waals surface area (Å²) in [5, 5.41) is 4.38. The Morgan fingerprint density at radius 2 is 1.28 bits per heavy atom. The van der Waals surface area contributed by atoms with Gasteiger partial charge in [-0.25, -0.2) is 5.43 Å². The van der Waals surface area contributed by atoms with Gasteiger partial charge in [0.1, 0.15) is 12.4 Å². The molecule has 0 saturated carbocycles. The molecule has 1 unspecified atom stereocenters. The zero-order chi connectivity index (χ0) is 21.6. The molecule has 158 valence electrons. The molecule has 0 saturated heterocycles. The van der Waals surface area contributed by atoms with Gasteiger partial charge in [-0.3, -0.25) is 5.01 Å². The summed E-state index contributed by atoms with van der Waals surface area (Å²) in [6, 6.07) is 39.5. The second-order valence-corrected chi connectivity index (χ2v) is 8.46. The predicted molar refractivity (Wildman–Crippen MR) is 133 cm³/mol. The molecule has 0 aliphatic carbocycles. The molecule has 0 aromatic heterocycles. The van der Waals surface area contributed by atoms with E-state index in [4.69, 9.17) is 4.74 Å². The van der Waals surface area contributed by atoms with Crippen molar-refractivity contribution in [1.82, 2.24) is 5.43 Å². The number of hydrazine groups is 1. The number of para-hydroxylation sites is 3. The molecule has 4 aromatic rings. The quantitative estimate of drug-likeness (QED) is 0.256. The molecule has 1 heterocycles. The second-order valence-electron chi connectivity index (χ2n) is 7.52. The standard InChI is InChI=1S/C28H24N2OS/c1-4-12-23(13-5-1)30(24-14-6-2-7-15-24)29-28-22(21-32-25-16-8-3-9-17-25)20-31-27-19-11-10-18-26(27)28/h1-19,21,28-29H,20H2/b22-21-. The summed E-state index contributed by atoms with van der Waals surface area (Å²) in [4.78, 5) is 1.21. The van der Waals surface area contributed by atoms with Gasteiger partial charge in [-0.05, 0) is 53.4 Å². The topological polar surface area (TPSA) is 24.5 Å². The number of ether oxygens (including phenoxy) is 1. The molecule has 32 heavy (non-hydrogen) atoms. The summed E-state index contributed by atoms with van der Waals surface area (Å²) >= 11 is 1.72. The number of rotatable bonds is 6. The molecule has 0 bridgehead atoms. The SMILES string of the molecule is C(/Sc1ccccc1)=C1\COc2ccccc2C1NN(c1ccccc1)c1ccccc1. The van der Waals surface area contributed by atoms with Crippen LogP contribution in [0.5, 0.6) is 5.75 Å². The van der Waals surface area contributed by atoms with E-state index in [0.29, 0.717) is 6.61 Å². The molecular weight excluding hydrogens is 412 g/mol. The van der Waals surface area contributed by atoms with E-state index in [-0.39, 0.29) is 6.04 Å². The van der Waals surface area contributed by atoms with E-state index in [2.05, 4.69) is 101 Å². The van der Waals surface area contributed by atoms with E-state index in [1.807, 2.05) is 30.3 Å². The van der Waals surface area contributed by atoms with Crippen LogP contribution in [0.1, 0.15) is 11.6 Å². The van der Waals surface area contributed by atoms with E-state index in [0.717, 1.165) is 22.7 Å². The second kappa shape index (κ2) is 9.77. The molecule has 0 radical (unpaired) electrons. The van der Waals surface area contributed by atoms with Crippen LogP contribution in [0.15, 0.2) is 131 Å². The van der Waals surface area contributed by atoms with Gasteiger partial charge in [-0.1, -0.05) is 84.6 Å². The number of benzene rings is 4. The first-order valence-electron chi connectivity index (χ1n) is 10.7. The summed E-state index contributed by atoms with van der Waals surface area (Å²) in [6.07, 6.45) is 0. The highest BCUT2D eigenvalue weighted by Crippen LogP contribution is 2.38. The molecule has 1 aliphatic rings. The lowest BCUT2D eigenvalue weighted by Gasteiger charge is -2.35. The third kappa shape index (κ3) is 4.57. The predicted octanol–water partition coefficient (Wildman–Crippen LogP) is 7.14. The first-order chi connectivity index (χ1) is 15.9. The first-order valence-corrected chi connectivity index (χ1v) is 11.6. The average Bonchev–Trinajstić information content (AvgIpc) is 2.88. The largest absolute Gasteiger partial charge is 0.489 e. The summed E-state index contributed by atoms with van der Waals surface area (Å²) in [5.41, 5.74) is 8.29. The molecule has 4 aromatic carbocycles. The lowest BCUT2D eigenvalue weighted by molar-refractivity contribution is 0.309. The van der Waals surface area contributed by atoms with Crippen molar-refractivity contribution in [3.8, 4) is 5.75 Å². The Balaban J connectivity index is 1.53. The number of anilines is 2. The number of fused-ring (bicyclic) bond motifs is 1. The molecule has 1 aliphatic heterocycles. The van der Waals surface area contributed by atoms with Gasteiger partial charge in [0.25, 0.3) is 0 Å². The number of thioether (sulfide) groups is 1. The minimum absolute atomic E-state index is 0.0171. The van der Waals surface area contributed by atoms with Crippen LogP contribution in [0.3, 0.4) is 0 Å². The summed E-state index contributed by atoms with van der Waals surface area (Å²) in [6.45, 7) is 0.548. The summed E-state index contributed by atoms with van der Waals surface area (Å²) < 4.78 is 6.11. The maximum Gasteiger partial charge on any atom is 0.124 e. The number of nitrogens with one attached hydrogen (secondary N) is 1. The Morgan fingerprint density at radius 3 is 1.94 bits per heavy atom. The fourth-order valence-electron chi connectivity index (χ4n) is 3.77. The summed E-state index contributed by atoms with van der Waals surface area (Å²) in [5.74, 6) is 0.924. The molecule has 0 fully saturated rings. The first kappa shape index (κ1) is 20.4. The van der Waals surface area contributed by atoms with Gasteiger partial charge >= 0.3 is 0 Å². The smallest absolute Gasteiger partial charge is 0.124 e. The van der Waals surface area contributed by atoms with Crippen LogP contribution in [-0.2, 0) is 0 Å². The van der Waals surface area contributed by atoms with Crippen molar-refractivity contribution in [3.63, 3.8) is 0 Å². The number of hydrogen-bond acceptors (Lipinski definition) is 4. The molecule has 4 heteroatoms. The molecule has 1 N–H and O–H groups in total. The van der Waals surface area contributed by atoms with Crippen LogP contribution >= 0.6 is 11.8 Å². The van der Waals surface area contributed by atoms with E-state index in [1.165, 1.54) is 10.5 Å². The van der Waals surface area contributed by atoms with Crippen LogP contribution in [-0.4, -0.2) is 6.61 Å². The summed E-state index contributed by atoms with van der Waals surface area (Å²) in [7, 11) is 0. The van der Waals surface area contributed by atoms with Crippen LogP contribution in [0.2, 0.25) is 0 Å². The monoisotopic (exact) mass is 436 g/mol. The highest BCUT2D eigenvalue weighted by molar-refractivity contribution is 8.02. The Bertz CT molecular complexity index is 1140. The van der Waals surface area contributed by atoms with Crippen LogP contribution in [0, 0.1) is 0 Å². The normalized spacial score (nSPS) is 16.2. The zero-order valence-corrected chi connectivity index (χ0v) is 18.4. The van der Waals surface area contributed by atoms with Gasteiger partial charge in [-0.2, -0.15) is 0 Å². The molecule has 5 rings (SSSR count). The van der Waals surface area contributed by atoms with Gasteiger partial charge in [0, 0.05) is 10.5 Å². The number of hydrogen-bond donors (Lipinski definition) is 1. The Hall–Kier alpha value is -3.47. The third-order valence-corrected chi connectivity index (χ3v) is 6.34. The van der Waals surface area contributed by atoms with E-state index >= 15 is 0 Å². The van der Waals surface area contributed by atoms with E-state index < -0.39 is 0 Å². The Morgan fingerprint density at radius 1 is 0.719 bits per heavy atom. The minimum atomic E-state index is -0.0171. The van der Waals surface area contributed by atoms with Crippen molar-refractivity contribution in [2.75, 3.05) is 11.6 Å². The van der Waals surface area contributed by atoms with Gasteiger partial charge in [0.2, 0.25) is 0 Å². The lowest BCUT2D eigenvalue weighted by atomic mass is 9.97. The zero-order valence-electron chi connectivity index (χ0n) is 17.6. The molecule has 3 nitrogen and oxygen atoms in total. The van der Waals surface area contributed by atoms with Crippen LogP contribution in [0.25, 0.3) is 0 Å². The minimum Gasteiger partial charge on any atom is -0.489 e. The average molecular weight is 437 g/mol. The lowest BCUT2D eigenvalue weighted by Crippen LogP contribution is -2.40. The fourth-order valence-corrected chi connectivity index (χ4v) is 4.58. The van der Waals surface area contributed by atoms with Gasteiger partial charge < -0.3 is 4.74 Å². The fraction of sp³-hybridized carbons (Fsp3) is 0.0714. The third-order valence-electron chi connectivity index (χ3n) is 5.37. The van der Waals surface area contributed by atoms with Gasteiger partial charge in [0.15, 0.2) is 0 Å². The van der Waals surface area contributed by atoms with Crippen LogP contribution in [0.4, 0.5) is 11.4 Å². The van der Waals surface area contributed by atoms with Crippen molar-refractivity contribution >= 4 is 23.1 Å². The van der Waals surface area contributed by atoms with Gasteiger partial charge in [-0.15, -0.1) is 0 Å². The van der Waals surface area contributed by atoms with Gasteiger partial charge in [0.05, 0.1) is 17.4 Å². The molecule has 0 amide bonds. The van der Waals surface area contributed by atoms with Crippen LogP contribution < -0.4 is 15.2 Å². The van der Waals surface area contributed by atoms with Crippen molar-refractivity contribution in [2.45, 2.75) is 10.9 Å². The van der Waals surface area contributed by atoms with Crippen molar-refractivity contribution in [1.29, 1.82) is 0 Å². The highest BCUT2D eigenvalue weighted by Gasteiger charge is 2.28. The Labute approximate surface area is 193 Å². The van der Waals surface area contributed by atoms with E-state index in [9.17, 15) is 0 Å². The van der Waals surface area contributed by atoms with Crippen molar-refractivity contribution in [2.24, 2.45) is 0 Å². The van der Waals surface area contributed by atoms with Crippen molar-refractivity contribution in [3.05, 3.63) is 132 Å².